The summed E-state index contributed by atoms with van der Waals surface area (Å²) >= 11 is 0. The molecular weight excluding hydrogens is 246 g/mol. The third-order valence-corrected chi connectivity index (χ3v) is 3.03. The molecule has 104 valence electrons. The lowest BCUT2D eigenvalue weighted by Crippen LogP contribution is -2.35. The third-order valence-electron chi connectivity index (χ3n) is 3.03. The summed E-state index contributed by atoms with van der Waals surface area (Å²) in [5.74, 6) is 2.64. The predicted octanol–water partition coefficient (Wildman–Crippen LogP) is -0.308. The van der Waals surface area contributed by atoms with Gasteiger partial charge in [0.05, 0.1) is 18.1 Å². The van der Waals surface area contributed by atoms with Crippen LogP contribution in [0.4, 0.5) is 0 Å². The molecule has 0 bridgehead atoms. The fourth-order valence-corrected chi connectivity index (χ4v) is 1.98. The molecule has 1 amide bonds. The van der Waals surface area contributed by atoms with Crippen molar-refractivity contribution in [2.24, 2.45) is 16.6 Å². The number of aliphatic hydroxyl groups is 1. The Morgan fingerprint density at radius 2 is 2.47 bits per heavy atom. The summed E-state index contributed by atoms with van der Waals surface area (Å²) in [5.41, 5.74) is 4.83. The maximum absolute atomic E-state index is 10.1. The number of ether oxygens (including phenoxy) is 1. The lowest BCUT2D eigenvalue weighted by atomic mass is 9.96. The minimum atomic E-state index is -0.633. The number of carbonyl (C=O) groups excluding carboxylic acids is 1. The van der Waals surface area contributed by atoms with E-state index in [1.54, 1.807) is 18.1 Å². The summed E-state index contributed by atoms with van der Waals surface area (Å²) in [6, 6.07) is 0. The van der Waals surface area contributed by atoms with Crippen LogP contribution in [0.1, 0.15) is 13.3 Å². The molecule has 1 rings (SSSR count). The van der Waals surface area contributed by atoms with Crippen molar-refractivity contribution in [3.63, 3.8) is 0 Å². The summed E-state index contributed by atoms with van der Waals surface area (Å²) in [7, 11) is 1.78. The van der Waals surface area contributed by atoms with Crippen LogP contribution in [-0.4, -0.2) is 47.7 Å². The molecule has 19 heavy (non-hydrogen) atoms. The van der Waals surface area contributed by atoms with Crippen LogP contribution < -0.4 is 5.73 Å². The molecule has 0 radical (unpaired) electrons. The largest absolute Gasteiger partial charge is 0.393 e. The van der Waals surface area contributed by atoms with Gasteiger partial charge in [0, 0.05) is 13.2 Å². The lowest BCUT2D eigenvalue weighted by Gasteiger charge is -2.27. The van der Waals surface area contributed by atoms with Crippen molar-refractivity contribution >= 4 is 12.2 Å². The number of aliphatic imine (C=N–C) groups is 1. The topological polar surface area (TPSA) is 88.2 Å². The summed E-state index contributed by atoms with van der Waals surface area (Å²) in [4.78, 5) is 15.3. The maximum Gasteiger partial charge on any atom is 0.234 e. The first kappa shape index (κ1) is 15.2. The van der Waals surface area contributed by atoms with Gasteiger partial charge in [0.1, 0.15) is 12.1 Å². The van der Waals surface area contributed by atoms with Gasteiger partial charge in [-0.2, -0.15) is 4.99 Å². The van der Waals surface area contributed by atoms with Crippen LogP contribution in [0.5, 0.6) is 0 Å². The second kappa shape index (κ2) is 6.36. The summed E-state index contributed by atoms with van der Waals surface area (Å²) < 4.78 is 5.79. The average Bonchev–Trinajstić information content (AvgIpc) is 2.75. The molecule has 0 saturated carbocycles. The predicted molar refractivity (Wildman–Crippen MR) is 71.9 cm³/mol. The van der Waals surface area contributed by atoms with E-state index in [1.165, 1.54) is 6.08 Å². The fourth-order valence-electron chi connectivity index (χ4n) is 1.98. The van der Waals surface area contributed by atoms with E-state index in [0.717, 1.165) is 0 Å². The zero-order valence-electron chi connectivity index (χ0n) is 11.1. The zero-order chi connectivity index (χ0) is 14.5. The minimum absolute atomic E-state index is 0.0893. The highest BCUT2D eigenvalue weighted by atomic mass is 16.5. The SMILES string of the molecule is C#CC1C[C@@](C)(CO)OC1N(C)/C=C\C(N)=NC=O. The Bertz CT molecular complexity index is 427. The number of aliphatic hydroxyl groups excluding tert-OH is 1. The number of nitrogens with two attached hydrogens (primary N) is 1. The molecule has 1 aliphatic rings. The molecule has 0 aliphatic carbocycles. The van der Waals surface area contributed by atoms with Gasteiger partial charge in [0.15, 0.2) is 0 Å². The first-order chi connectivity index (χ1) is 8.95. The van der Waals surface area contributed by atoms with Crippen molar-refractivity contribution in [1.29, 1.82) is 0 Å². The van der Waals surface area contributed by atoms with Crippen molar-refractivity contribution < 1.29 is 14.6 Å². The third kappa shape index (κ3) is 3.81. The summed E-state index contributed by atoms with van der Waals surface area (Å²) in [6.45, 7) is 1.73. The van der Waals surface area contributed by atoms with E-state index >= 15 is 0 Å². The Labute approximate surface area is 112 Å². The molecule has 1 fully saturated rings. The number of amides is 1. The van der Waals surface area contributed by atoms with E-state index in [-0.39, 0.29) is 24.6 Å². The first-order valence-corrected chi connectivity index (χ1v) is 5.87. The van der Waals surface area contributed by atoms with E-state index in [1.807, 2.05) is 6.92 Å². The highest BCUT2D eigenvalue weighted by Gasteiger charge is 2.43. The molecule has 0 aromatic heterocycles. The smallest absolute Gasteiger partial charge is 0.234 e. The second-order valence-electron chi connectivity index (χ2n) is 4.73. The highest BCUT2D eigenvalue weighted by Crippen LogP contribution is 2.35. The molecule has 6 heteroatoms. The van der Waals surface area contributed by atoms with Crippen molar-refractivity contribution in [3.8, 4) is 12.3 Å². The number of hydrogen-bond donors (Lipinski definition) is 2. The molecule has 0 spiro atoms. The number of nitrogens with zero attached hydrogens (tertiary/aromatic N) is 2. The normalized spacial score (nSPS) is 31.4. The average molecular weight is 265 g/mol. The van der Waals surface area contributed by atoms with E-state index in [0.29, 0.717) is 12.8 Å². The Hall–Kier alpha value is -1.84. The Morgan fingerprint density at radius 3 is 3.00 bits per heavy atom. The van der Waals surface area contributed by atoms with E-state index in [2.05, 4.69) is 10.9 Å². The molecule has 3 N–H and O–H groups in total. The van der Waals surface area contributed by atoms with E-state index in [9.17, 15) is 9.90 Å². The fraction of sp³-hybridized carbons (Fsp3) is 0.538. The van der Waals surface area contributed by atoms with Crippen LogP contribution in [0.15, 0.2) is 17.3 Å². The minimum Gasteiger partial charge on any atom is -0.393 e. The van der Waals surface area contributed by atoms with E-state index < -0.39 is 5.60 Å². The zero-order valence-corrected chi connectivity index (χ0v) is 11.1. The van der Waals surface area contributed by atoms with Crippen molar-refractivity contribution in [2.45, 2.75) is 25.2 Å². The van der Waals surface area contributed by atoms with Crippen molar-refractivity contribution in [3.05, 3.63) is 12.3 Å². The summed E-state index contributed by atoms with van der Waals surface area (Å²) in [5, 5.41) is 9.32. The van der Waals surface area contributed by atoms with Crippen LogP contribution in [0.25, 0.3) is 0 Å². The monoisotopic (exact) mass is 265 g/mol. The molecule has 3 atom stereocenters. The Kier molecular flexibility index (Phi) is 5.10. The molecule has 1 aliphatic heterocycles. The molecule has 1 saturated heterocycles. The molecular formula is C13H19N3O3. The molecule has 2 unspecified atom stereocenters. The number of amidine groups is 1. The van der Waals surface area contributed by atoms with Crippen LogP contribution in [0.2, 0.25) is 0 Å². The maximum atomic E-state index is 10.1. The van der Waals surface area contributed by atoms with Crippen LogP contribution in [-0.2, 0) is 9.53 Å². The highest BCUT2D eigenvalue weighted by molar-refractivity contribution is 5.95. The van der Waals surface area contributed by atoms with Gasteiger partial charge in [-0.15, -0.1) is 6.42 Å². The summed E-state index contributed by atoms with van der Waals surface area (Å²) in [6.07, 6.45) is 9.22. The number of terminal acetylenes is 1. The quantitative estimate of drug-likeness (QED) is 0.308. The van der Waals surface area contributed by atoms with Crippen molar-refractivity contribution in [1.82, 2.24) is 4.90 Å². The van der Waals surface area contributed by atoms with Gasteiger partial charge in [-0.3, -0.25) is 4.79 Å². The number of rotatable bonds is 5. The van der Waals surface area contributed by atoms with Gasteiger partial charge < -0.3 is 20.5 Å². The molecule has 6 nitrogen and oxygen atoms in total. The molecule has 0 aromatic carbocycles. The lowest BCUT2D eigenvalue weighted by molar-refractivity contribution is -0.106. The number of carbonyl (C=O) groups is 1. The molecule has 1 heterocycles. The standard InChI is InChI=1S/C13H19N3O3/c1-4-10-7-13(2,8-17)19-12(10)16(3)6-5-11(14)15-9-18/h1,5-6,9-10,12,17H,7-8H2,2-3H3,(H2,14,15,18)/b6-5-/t10?,12?,13-/m0/s1. The van der Waals surface area contributed by atoms with Gasteiger partial charge in [0.2, 0.25) is 6.41 Å². The van der Waals surface area contributed by atoms with Gasteiger partial charge in [-0.25, -0.2) is 0 Å². The van der Waals surface area contributed by atoms with Crippen LogP contribution in [0.3, 0.4) is 0 Å². The van der Waals surface area contributed by atoms with Gasteiger partial charge in [-0.1, -0.05) is 5.92 Å². The van der Waals surface area contributed by atoms with Gasteiger partial charge >= 0.3 is 0 Å². The Balaban J connectivity index is 2.76. The Morgan fingerprint density at radius 1 is 1.79 bits per heavy atom. The van der Waals surface area contributed by atoms with Gasteiger partial charge in [0.25, 0.3) is 0 Å². The van der Waals surface area contributed by atoms with Gasteiger partial charge in [-0.05, 0) is 19.4 Å². The number of hydrogen-bond acceptors (Lipinski definition) is 4. The first-order valence-electron chi connectivity index (χ1n) is 5.87. The molecule has 0 aromatic rings. The van der Waals surface area contributed by atoms with E-state index in [4.69, 9.17) is 16.9 Å². The van der Waals surface area contributed by atoms with Crippen molar-refractivity contribution in [2.75, 3.05) is 13.7 Å². The second-order valence-corrected chi connectivity index (χ2v) is 4.73. The van der Waals surface area contributed by atoms with Crippen LogP contribution in [0, 0.1) is 18.3 Å². The van der Waals surface area contributed by atoms with Crippen LogP contribution >= 0.6 is 0 Å².